The molecule has 1 saturated heterocycles. The van der Waals surface area contributed by atoms with Crippen LogP contribution in [0.15, 0.2) is 42.5 Å². The molecule has 4 nitrogen and oxygen atoms in total. The Bertz CT molecular complexity index is 792. The second kappa shape index (κ2) is 8.38. The van der Waals surface area contributed by atoms with Gasteiger partial charge in [0.2, 0.25) is 0 Å². The normalized spacial score (nSPS) is 15.7. The van der Waals surface area contributed by atoms with E-state index >= 15 is 0 Å². The summed E-state index contributed by atoms with van der Waals surface area (Å²) in [5, 5.41) is 1.63. The Morgan fingerprint density at radius 3 is 2.35 bits per heavy atom. The summed E-state index contributed by atoms with van der Waals surface area (Å²) in [5.41, 5.74) is 1.07. The number of rotatable bonds is 4. The van der Waals surface area contributed by atoms with Crippen molar-refractivity contribution in [1.29, 1.82) is 0 Å². The van der Waals surface area contributed by atoms with Crippen LogP contribution in [0.5, 0.6) is 5.75 Å². The summed E-state index contributed by atoms with van der Waals surface area (Å²) in [5.74, 6) is 0.399. The van der Waals surface area contributed by atoms with Crippen LogP contribution in [0.1, 0.15) is 6.92 Å². The molecule has 0 radical (unpaired) electrons. The van der Waals surface area contributed by atoms with E-state index < -0.39 is 6.10 Å². The summed E-state index contributed by atoms with van der Waals surface area (Å²) < 4.78 is 5.73. The fourth-order valence-corrected chi connectivity index (χ4v) is 3.56. The predicted octanol–water partition coefficient (Wildman–Crippen LogP) is 4.76. The van der Waals surface area contributed by atoms with Crippen LogP contribution in [0, 0.1) is 0 Å². The average molecular weight is 414 g/mol. The van der Waals surface area contributed by atoms with Crippen molar-refractivity contribution < 1.29 is 9.53 Å². The zero-order valence-corrected chi connectivity index (χ0v) is 16.6. The van der Waals surface area contributed by atoms with Gasteiger partial charge in [-0.15, -0.1) is 0 Å². The first-order chi connectivity index (χ1) is 12.4. The molecule has 1 fully saturated rings. The molecule has 26 heavy (non-hydrogen) atoms. The fraction of sp³-hybridized carbons (Fsp3) is 0.316. The third-order valence-corrected chi connectivity index (χ3v) is 5.08. The van der Waals surface area contributed by atoms with Gasteiger partial charge in [0.05, 0.1) is 5.02 Å². The van der Waals surface area contributed by atoms with Gasteiger partial charge in [-0.3, -0.25) is 4.79 Å². The lowest BCUT2D eigenvalue weighted by Gasteiger charge is -2.37. The highest BCUT2D eigenvalue weighted by molar-refractivity contribution is 6.35. The Balaban J connectivity index is 1.57. The molecule has 7 heteroatoms. The van der Waals surface area contributed by atoms with Crippen molar-refractivity contribution in [2.75, 3.05) is 31.1 Å². The number of carbonyl (C=O) groups excluding carboxylic acids is 1. The van der Waals surface area contributed by atoms with Crippen molar-refractivity contribution in [3.63, 3.8) is 0 Å². The van der Waals surface area contributed by atoms with E-state index in [2.05, 4.69) is 4.90 Å². The molecule has 138 valence electrons. The first-order valence-corrected chi connectivity index (χ1v) is 9.48. The SMILES string of the molecule is CC(Oc1ccc(Cl)cc1Cl)C(=O)N1CCN(c2cccc(Cl)c2)CC1. The van der Waals surface area contributed by atoms with Crippen LogP contribution < -0.4 is 9.64 Å². The summed E-state index contributed by atoms with van der Waals surface area (Å²) in [6.07, 6.45) is -0.619. The van der Waals surface area contributed by atoms with Gasteiger partial charge in [0.1, 0.15) is 5.75 Å². The van der Waals surface area contributed by atoms with Crippen molar-refractivity contribution in [3.8, 4) is 5.75 Å². The van der Waals surface area contributed by atoms with E-state index in [1.165, 1.54) is 0 Å². The first-order valence-electron chi connectivity index (χ1n) is 8.35. The molecule has 1 aliphatic heterocycles. The van der Waals surface area contributed by atoms with Crippen LogP contribution >= 0.6 is 34.8 Å². The smallest absolute Gasteiger partial charge is 0.263 e. The van der Waals surface area contributed by atoms with Gasteiger partial charge in [0.15, 0.2) is 6.10 Å². The highest BCUT2D eigenvalue weighted by Gasteiger charge is 2.26. The number of anilines is 1. The Morgan fingerprint density at radius 1 is 1.00 bits per heavy atom. The van der Waals surface area contributed by atoms with E-state index in [1.54, 1.807) is 25.1 Å². The van der Waals surface area contributed by atoms with Crippen LogP contribution in [-0.2, 0) is 4.79 Å². The van der Waals surface area contributed by atoms with E-state index in [4.69, 9.17) is 39.5 Å². The molecule has 0 aromatic heterocycles. The average Bonchev–Trinajstić information content (AvgIpc) is 2.63. The molecule has 0 saturated carbocycles. The molecule has 1 unspecified atom stereocenters. The molecule has 1 aliphatic rings. The lowest BCUT2D eigenvalue weighted by Crippen LogP contribution is -2.52. The second-order valence-corrected chi connectivity index (χ2v) is 7.41. The number of halogens is 3. The molecule has 0 N–H and O–H groups in total. The highest BCUT2D eigenvalue weighted by atomic mass is 35.5. The van der Waals surface area contributed by atoms with Crippen molar-refractivity contribution >= 4 is 46.4 Å². The van der Waals surface area contributed by atoms with Gasteiger partial charge < -0.3 is 14.5 Å². The van der Waals surface area contributed by atoms with E-state index in [-0.39, 0.29) is 5.91 Å². The largest absolute Gasteiger partial charge is 0.479 e. The lowest BCUT2D eigenvalue weighted by molar-refractivity contribution is -0.138. The molecule has 1 heterocycles. The minimum atomic E-state index is -0.619. The molecule has 0 spiro atoms. The third-order valence-electron chi connectivity index (χ3n) is 4.31. The van der Waals surface area contributed by atoms with Crippen molar-refractivity contribution in [2.45, 2.75) is 13.0 Å². The molecular weight excluding hydrogens is 395 g/mol. The van der Waals surface area contributed by atoms with Crippen LogP contribution in [0.4, 0.5) is 5.69 Å². The lowest BCUT2D eigenvalue weighted by atomic mass is 10.2. The third kappa shape index (κ3) is 4.56. The summed E-state index contributed by atoms with van der Waals surface area (Å²) in [6, 6.07) is 12.7. The van der Waals surface area contributed by atoms with Gasteiger partial charge >= 0.3 is 0 Å². The number of nitrogens with zero attached hydrogens (tertiary/aromatic N) is 2. The number of amides is 1. The maximum atomic E-state index is 12.7. The quantitative estimate of drug-likeness (QED) is 0.724. The molecular formula is C19H19Cl3N2O2. The molecule has 2 aromatic carbocycles. The maximum Gasteiger partial charge on any atom is 0.263 e. The van der Waals surface area contributed by atoms with Gasteiger partial charge in [-0.1, -0.05) is 40.9 Å². The van der Waals surface area contributed by atoms with Crippen molar-refractivity contribution in [1.82, 2.24) is 4.90 Å². The molecule has 0 bridgehead atoms. The van der Waals surface area contributed by atoms with Gasteiger partial charge in [-0.25, -0.2) is 0 Å². The van der Waals surface area contributed by atoms with Crippen molar-refractivity contribution in [2.24, 2.45) is 0 Å². The topological polar surface area (TPSA) is 32.8 Å². The Kier molecular flexibility index (Phi) is 6.17. The van der Waals surface area contributed by atoms with Gasteiger partial charge in [-0.05, 0) is 43.3 Å². The summed E-state index contributed by atoms with van der Waals surface area (Å²) in [7, 11) is 0. The predicted molar refractivity (Wildman–Crippen MR) is 107 cm³/mol. The number of hydrogen-bond acceptors (Lipinski definition) is 3. The number of carbonyl (C=O) groups is 1. The minimum Gasteiger partial charge on any atom is -0.479 e. The Labute approximate surface area is 168 Å². The Morgan fingerprint density at radius 2 is 1.69 bits per heavy atom. The molecule has 1 atom stereocenters. The zero-order valence-electron chi connectivity index (χ0n) is 14.3. The fourth-order valence-electron chi connectivity index (χ4n) is 2.93. The number of piperazine rings is 1. The molecule has 3 rings (SSSR count). The molecule has 0 aliphatic carbocycles. The van der Waals surface area contributed by atoms with Gasteiger partial charge in [-0.2, -0.15) is 0 Å². The van der Waals surface area contributed by atoms with Crippen LogP contribution in [-0.4, -0.2) is 43.1 Å². The summed E-state index contributed by atoms with van der Waals surface area (Å²) in [6.45, 7) is 4.50. The van der Waals surface area contributed by atoms with Gasteiger partial charge in [0, 0.05) is 41.9 Å². The molecule has 2 aromatic rings. The van der Waals surface area contributed by atoms with Gasteiger partial charge in [0.25, 0.3) is 5.91 Å². The van der Waals surface area contributed by atoms with E-state index in [0.717, 1.165) is 18.8 Å². The minimum absolute atomic E-state index is 0.0539. The zero-order chi connectivity index (χ0) is 18.7. The first kappa shape index (κ1) is 19.2. The van der Waals surface area contributed by atoms with E-state index in [9.17, 15) is 4.79 Å². The second-order valence-electron chi connectivity index (χ2n) is 6.13. The molecule has 1 amide bonds. The maximum absolute atomic E-state index is 12.7. The summed E-state index contributed by atoms with van der Waals surface area (Å²) in [4.78, 5) is 16.7. The van der Waals surface area contributed by atoms with E-state index in [0.29, 0.717) is 33.9 Å². The monoisotopic (exact) mass is 412 g/mol. The summed E-state index contributed by atoms with van der Waals surface area (Å²) >= 11 is 18.1. The van der Waals surface area contributed by atoms with Crippen LogP contribution in [0.25, 0.3) is 0 Å². The van der Waals surface area contributed by atoms with Crippen LogP contribution in [0.2, 0.25) is 15.1 Å². The number of hydrogen-bond donors (Lipinski definition) is 0. The number of benzene rings is 2. The van der Waals surface area contributed by atoms with E-state index in [1.807, 2.05) is 29.2 Å². The highest BCUT2D eigenvalue weighted by Crippen LogP contribution is 2.28. The number of ether oxygens (including phenoxy) is 1. The van der Waals surface area contributed by atoms with Crippen LogP contribution in [0.3, 0.4) is 0 Å². The Hall–Kier alpha value is -1.62. The standard InChI is InChI=1S/C19H19Cl3N2O2/c1-13(26-18-6-5-15(21)12-17(18)22)19(25)24-9-7-23(8-10-24)16-4-2-3-14(20)11-16/h2-6,11-13H,7-10H2,1H3. The van der Waals surface area contributed by atoms with Crippen molar-refractivity contribution in [3.05, 3.63) is 57.5 Å².